The summed E-state index contributed by atoms with van der Waals surface area (Å²) in [5.41, 5.74) is 2.21. The quantitative estimate of drug-likeness (QED) is 0.815. The van der Waals surface area contributed by atoms with Gasteiger partial charge in [-0.15, -0.1) is 11.6 Å². The molecule has 0 unspecified atom stereocenters. The Morgan fingerprint density at radius 3 is 2.83 bits per heavy atom. The summed E-state index contributed by atoms with van der Waals surface area (Å²) in [6.07, 6.45) is -0.436. The zero-order valence-corrected chi connectivity index (χ0v) is 14.7. The lowest BCUT2D eigenvalue weighted by Gasteiger charge is -2.15. The molecule has 0 saturated heterocycles. The fourth-order valence-electron chi connectivity index (χ4n) is 3.02. The van der Waals surface area contributed by atoms with Crippen LogP contribution in [0.1, 0.15) is 11.5 Å². The largest absolute Gasteiger partial charge is 0.412 e. The number of rotatable bonds is 5. The Morgan fingerprint density at radius 1 is 1.38 bits per heavy atom. The van der Waals surface area contributed by atoms with E-state index in [1.54, 1.807) is 0 Å². The summed E-state index contributed by atoms with van der Waals surface area (Å²) in [6.45, 7) is 2.11. The zero-order valence-electron chi connectivity index (χ0n) is 13.9. The molecule has 3 rings (SSSR count). The minimum atomic E-state index is -0.436. The molecule has 2 aromatic rings. The summed E-state index contributed by atoms with van der Waals surface area (Å²) in [6, 6.07) is 9.87. The molecule has 6 heteroatoms. The average molecular weight is 348 g/mol. The fraction of sp³-hybridized carbons (Fsp3) is 0.389. The fourth-order valence-corrected chi connectivity index (χ4v) is 3.28. The van der Waals surface area contributed by atoms with Gasteiger partial charge >= 0.3 is 6.09 Å². The summed E-state index contributed by atoms with van der Waals surface area (Å²) in [5.74, 6) is 1.40. The Labute approximate surface area is 146 Å². The van der Waals surface area contributed by atoms with Crippen molar-refractivity contribution in [2.75, 3.05) is 44.9 Å². The van der Waals surface area contributed by atoms with Gasteiger partial charge in [0, 0.05) is 48.6 Å². The van der Waals surface area contributed by atoms with Crippen molar-refractivity contribution in [3.8, 4) is 5.75 Å². The molecule has 0 aromatic heterocycles. The van der Waals surface area contributed by atoms with Crippen LogP contribution < -0.4 is 15.4 Å². The smallest absolute Gasteiger partial charge is 0.410 e. The topological polar surface area (TPSA) is 53.6 Å². The number of anilines is 1. The Kier molecular flexibility index (Phi) is 5.11. The Bertz CT molecular complexity index is 748. The molecule has 1 heterocycles. The van der Waals surface area contributed by atoms with E-state index in [0.29, 0.717) is 18.2 Å². The van der Waals surface area contributed by atoms with Crippen molar-refractivity contribution in [2.24, 2.45) is 0 Å². The number of carbonyl (C=O) groups excluding carboxylic acids is 1. The maximum atomic E-state index is 12.1. The standard InChI is InChI=1S/C18H22ClN3O2/c1-22(2)8-7-20-18(23)24-16-9-15-17(12(10-19)11-21-15)14-6-4-3-5-13(14)16/h3-6,9,12,21H,7-8,10-11H2,1-2H3,(H,20,23)/t12-/m1/s1. The number of carbonyl (C=O) groups is 1. The van der Waals surface area contributed by atoms with Crippen LogP contribution in [0, 0.1) is 0 Å². The highest BCUT2D eigenvalue weighted by molar-refractivity contribution is 6.18. The summed E-state index contributed by atoms with van der Waals surface area (Å²) in [7, 11) is 3.92. The molecule has 0 fully saturated rings. The van der Waals surface area contributed by atoms with Gasteiger partial charge in [-0.05, 0) is 25.0 Å². The van der Waals surface area contributed by atoms with Gasteiger partial charge in [0.25, 0.3) is 0 Å². The first-order valence-electron chi connectivity index (χ1n) is 8.06. The van der Waals surface area contributed by atoms with E-state index in [-0.39, 0.29) is 5.92 Å². The summed E-state index contributed by atoms with van der Waals surface area (Å²) in [4.78, 5) is 14.1. The molecular weight excluding hydrogens is 326 g/mol. The molecule has 24 heavy (non-hydrogen) atoms. The average Bonchev–Trinajstić information content (AvgIpc) is 2.97. The lowest BCUT2D eigenvalue weighted by atomic mass is 9.95. The van der Waals surface area contributed by atoms with Crippen LogP contribution in [-0.4, -0.2) is 50.6 Å². The Balaban J connectivity index is 1.87. The lowest BCUT2D eigenvalue weighted by molar-refractivity contribution is 0.200. The number of halogens is 1. The predicted molar refractivity (Wildman–Crippen MR) is 98.5 cm³/mol. The van der Waals surface area contributed by atoms with Crippen molar-refractivity contribution in [2.45, 2.75) is 5.92 Å². The first-order chi connectivity index (χ1) is 11.6. The highest BCUT2D eigenvalue weighted by atomic mass is 35.5. The molecule has 2 aromatic carbocycles. The van der Waals surface area contributed by atoms with Crippen LogP contribution in [0.3, 0.4) is 0 Å². The molecule has 0 saturated carbocycles. The maximum Gasteiger partial charge on any atom is 0.412 e. The van der Waals surface area contributed by atoms with Gasteiger partial charge in [-0.2, -0.15) is 0 Å². The van der Waals surface area contributed by atoms with Crippen LogP contribution in [-0.2, 0) is 0 Å². The number of alkyl halides is 1. The molecule has 1 aliphatic rings. The summed E-state index contributed by atoms with van der Waals surface area (Å²) < 4.78 is 5.56. The third kappa shape index (κ3) is 3.42. The second-order valence-corrected chi connectivity index (χ2v) is 6.54. The summed E-state index contributed by atoms with van der Waals surface area (Å²) in [5, 5.41) is 8.15. The van der Waals surface area contributed by atoms with Crippen LogP contribution in [0.15, 0.2) is 30.3 Å². The van der Waals surface area contributed by atoms with Crippen LogP contribution in [0.25, 0.3) is 10.8 Å². The van der Waals surface area contributed by atoms with Gasteiger partial charge in [0.15, 0.2) is 0 Å². The van der Waals surface area contributed by atoms with Crippen molar-refractivity contribution in [3.63, 3.8) is 0 Å². The van der Waals surface area contributed by atoms with Crippen molar-refractivity contribution in [1.82, 2.24) is 10.2 Å². The molecule has 1 atom stereocenters. The number of hydrogen-bond donors (Lipinski definition) is 2. The van der Waals surface area contributed by atoms with Crippen molar-refractivity contribution >= 4 is 34.2 Å². The number of ether oxygens (including phenoxy) is 1. The van der Waals surface area contributed by atoms with E-state index in [9.17, 15) is 4.79 Å². The van der Waals surface area contributed by atoms with Gasteiger partial charge in [0.05, 0.1) is 0 Å². The van der Waals surface area contributed by atoms with Gasteiger partial charge in [-0.1, -0.05) is 24.3 Å². The second kappa shape index (κ2) is 7.28. The normalized spacial score (nSPS) is 16.1. The molecule has 2 N–H and O–H groups in total. The van der Waals surface area contributed by atoms with Crippen molar-refractivity contribution in [3.05, 3.63) is 35.9 Å². The molecule has 0 spiro atoms. The zero-order chi connectivity index (χ0) is 17.1. The van der Waals surface area contributed by atoms with Crippen LogP contribution in [0.4, 0.5) is 10.5 Å². The lowest BCUT2D eigenvalue weighted by Crippen LogP contribution is -2.33. The third-order valence-electron chi connectivity index (χ3n) is 4.21. The SMILES string of the molecule is CN(C)CCNC(=O)Oc1cc2c(c3ccccc13)[C@H](CCl)CN2. The Hall–Kier alpha value is -1.98. The number of likely N-dealkylation sites (N-methyl/N-ethyl adjacent to an activating group) is 1. The van der Waals surface area contributed by atoms with Gasteiger partial charge in [0.1, 0.15) is 5.75 Å². The first kappa shape index (κ1) is 16.9. The van der Waals surface area contributed by atoms with Gasteiger partial charge in [-0.3, -0.25) is 0 Å². The number of nitrogens with one attached hydrogen (secondary N) is 2. The van der Waals surface area contributed by atoms with Crippen LogP contribution in [0.2, 0.25) is 0 Å². The maximum absolute atomic E-state index is 12.1. The minimum absolute atomic E-state index is 0.273. The minimum Gasteiger partial charge on any atom is -0.410 e. The number of benzene rings is 2. The number of nitrogens with zero attached hydrogens (tertiary/aromatic N) is 1. The van der Waals surface area contributed by atoms with E-state index in [1.165, 1.54) is 5.56 Å². The van der Waals surface area contributed by atoms with Gasteiger partial charge in [0.2, 0.25) is 0 Å². The van der Waals surface area contributed by atoms with E-state index >= 15 is 0 Å². The van der Waals surface area contributed by atoms with Gasteiger partial charge < -0.3 is 20.3 Å². The third-order valence-corrected chi connectivity index (χ3v) is 4.59. The first-order valence-corrected chi connectivity index (χ1v) is 8.59. The highest BCUT2D eigenvalue weighted by Gasteiger charge is 2.26. The van der Waals surface area contributed by atoms with E-state index in [4.69, 9.17) is 16.3 Å². The molecule has 0 radical (unpaired) electrons. The molecule has 5 nitrogen and oxygen atoms in total. The summed E-state index contributed by atoms with van der Waals surface area (Å²) >= 11 is 6.10. The van der Waals surface area contributed by atoms with Gasteiger partial charge in [-0.25, -0.2) is 4.79 Å². The van der Waals surface area contributed by atoms with E-state index in [2.05, 4.69) is 16.7 Å². The van der Waals surface area contributed by atoms with Crippen LogP contribution >= 0.6 is 11.6 Å². The molecule has 1 aliphatic heterocycles. The predicted octanol–water partition coefficient (Wildman–Crippen LogP) is 3.24. The van der Waals surface area contributed by atoms with E-state index in [0.717, 1.165) is 29.5 Å². The molecule has 1 amide bonds. The molecule has 128 valence electrons. The molecular formula is C18H22ClN3O2. The molecule has 0 aliphatic carbocycles. The number of hydrogen-bond acceptors (Lipinski definition) is 4. The number of fused-ring (bicyclic) bond motifs is 3. The number of amides is 1. The Morgan fingerprint density at radius 2 is 2.12 bits per heavy atom. The monoisotopic (exact) mass is 347 g/mol. The highest BCUT2D eigenvalue weighted by Crippen LogP contribution is 2.42. The second-order valence-electron chi connectivity index (χ2n) is 6.23. The van der Waals surface area contributed by atoms with Crippen molar-refractivity contribution < 1.29 is 9.53 Å². The molecule has 0 bridgehead atoms. The van der Waals surface area contributed by atoms with E-state index < -0.39 is 6.09 Å². The van der Waals surface area contributed by atoms with E-state index in [1.807, 2.05) is 43.3 Å². The van der Waals surface area contributed by atoms with Crippen LogP contribution in [0.5, 0.6) is 5.75 Å². The van der Waals surface area contributed by atoms with Crippen molar-refractivity contribution in [1.29, 1.82) is 0 Å².